The van der Waals surface area contributed by atoms with Gasteiger partial charge in [-0.25, -0.2) is 0 Å². The monoisotopic (exact) mass is 226 g/mol. The average molecular weight is 226 g/mol. The Labute approximate surface area is 99.3 Å². The van der Waals surface area contributed by atoms with Gasteiger partial charge < -0.3 is 4.74 Å². The van der Waals surface area contributed by atoms with Crippen molar-refractivity contribution in [1.29, 1.82) is 5.26 Å². The lowest BCUT2D eigenvalue weighted by Crippen LogP contribution is -1.88. The van der Waals surface area contributed by atoms with Crippen LogP contribution in [0.25, 0.3) is 10.4 Å². The molecular formula is C12H10N4O. The van der Waals surface area contributed by atoms with Gasteiger partial charge in [0.25, 0.3) is 0 Å². The van der Waals surface area contributed by atoms with Crippen LogP contribution in [0.1, 0.15) is 17.5 Å². The van der Waals surface area contributed by atoms with E-state index in [9.17, 15) is 0 Å². The number of ether oxygens (including phenoxy) is 1. The highest BCUT2D eigenvalue weighted by atomic mass is 16.5. The van der Waals surface area contributed by atoms with Crippen molar-refractivity contribution in [3.8, 4) is 23.7 Å². The smallest absolute Gasteiger partial charge is 0.120 e. The van der Waals surface area contributed by atoms with Crippen molar-refractivity contribution in [2.24, 2.45) is 5.11 Å². The molecule has 1 aromatic carbocycles. The van der Waals surface area contributed by atoms with E-state index in [-0.39, 0.29) is 0 Å². The average Bonchev–Trinajstić information content (AvgIpc) is 2.38. The summed E-state index contributed by atoms with van der Waals surface area (Å²) in [6, 6.07) is 7.14. The molecule has 0 fully saturated rings. The van der Waals surface area contributed by atoms with Gasteiger partial charge in [-0.2, -0.15) is 5.26 Å². The third kappa shape index (κ3) is 3.79. The second-order valence-corrected chi connectivity index (χ2v) is 3.03. The van der Waals surface area contributed by atoms with Gasteiger partial charge >= 0.3 is 0 Å². The molecule has 0 heterocycles. The van der Waals surface area contributed by atoms with Crippen LogP contribution in [0.15, 0.2) is 23.3 Å². The number of nitrogens with zero attached hydrogens (tertiary/aromatic N) is 4. The summed E-state index contributed by atoms with van der Waals surface area (Å²) in [7, 11) is 1.56. The van der Waals surface area contributed by atoms with E-state index in [1.165, 1.54) is 0 Å². The molecule has 1 rings (SSSR count). The molecule has 0 unspecified atom stereocenters. The first kappa shape index (κ1) is 12.4. The first-order chi connectivity index (χ1) is 8.31. The highest BCUT2D eigenvalue weighted by Crippen LogP contribution is 2.16. The number of hydrogen-bond acceptors (Lipinski definition) is 3. The van der Waals surface area contributed by atoms with Gasteiger partial charge in [0.15, 0.2) is 0 Å². The highest BCUT2D eigenvalue weighted by molar-refractivity contribution is 5.51. The van der Waals surface area contributed by atoms with Gasteiger partial charge in [-0.15, -0.1) is 0 Å². The van der Waals surface area contributed by atoms with Crippen molar-refractivity contribution < 1.29 is 4.74 Å². The van der Waals surface area contributed by atoms with Crippen LogP contribution < -0.4 is 4.74 Å². The Balaban J connectivity index is 2.88. The van der Waals surface area contributed by atoms with Crippen molar-refractivity contribution in [1.82, 2.24) is 0 Å². The molecule has 5 nitrogen and oxygen atoms in total. The lowest BCUT2D eigenvalue weighted by atomic mass is 10.1. The molecule has 0 aliphatic rings. The maximum absolute atomic E-state index is 8.90. The molecule has 17 heavy (non-hydrogen) atoms. The number of hydrogen-bond donors (Lipinski definition) is 0. The molecule has 0 saturated heterocycles. The van der Waals surface area contributed by atoms with Crippen LogP contribution in [0, 0.1) is 23.2 Å². The lowest BCUT2D eigenvalue weighted by Gasteiger charge is -2.00. The minimum Gasteiger partial charge on any atom is -0.497 e. The van der Waals surface area contributed by atoms with E-state index in [0.717, 1.165) is 0 Å². The van der Waals surface area contributed by atoms with Crippen molar-refractivity contribution in [2.75, 3.05) is 13.7 Å². The van der Waals surface area contributed by atoms with Crippen LogP contribution in [-0.2, 0) is 0 Å². The quantitative estimate of drug-likeness (QED) is 0.261. The van der Waals surface area contributed by atoms with Gasteiger partial charge in [-0.1, -0.05) is 17.0 Å². The molecule has 0 bridgehead atoms. The molecule has 0 saturated carbocycles. The molecule has 0 atom stereocenters. The predicted octanol–water partition coefficient (Wildman–Crippen LogP) is 2.62. The van der Waals surface area contributed by atoms with Crippen LogP contribution in [0.2, 0.25) is 0 Å². The van der Waals surface area contributed by atoms with Crippen LogP contribution in [0.3, 0.4) is 0 Å². The standard InChI is InChI=1S/C12H10N4O/c1-17-12-6-5-11(9-13)10(8-12)4-2-3-7-15-16-14/h5-6,8H,3,7H2,1H3. The zero-order valence-electron chi connectivity index (χ0n) is 9.34. The fraction of sp³-hybridized carbons (Fsp3) is 0.250. The molecule has 0 N–H and O–H groups in total. The Hall–Kier alpha value is -2.62. The number of rotatable bonds is 3. The Morgan fingerprint density at radius 3 is 2.94 bits per heavy atom. The van der Waals surface area contributed by atoms with Gasteiger partial charge in [0, 0.05) is 23.4 Å². The maximum Gasteiger partial charge on any atom is 0.120 e. The molecule has 0 aromatic heterocycles. The summed E-state index contributed by atoms with van der Waals surface area (Å²) in [5.74, 6) is 6.36. The zero-order chi connectivity index (χ0) is 12.5. The summed E-state index contributed by atoms with van der Waals surface area (Å²) in [6.45, 7) is 0.329. The zero-order valence-corrected chi connectivity index (χ0v) is 9.34. The van der Waals surface area contributed by atoms with E-state index in [1.54, 1.807) is 25.3 Å². The molecule has 0 aliphatic carbocycles. The second-order valence-electron chi connectivity index (χ2n) is 3.03. The van der Waals surface area contributed by atoms with E-state index < -0.39 is 0 Å². The first-order valence-corrected chi connectivity index (χ1v) is 4.89. The summed E-state index contributed by atoms with van der Waals surface area (Å²) in [6.07, 6.45) is 0.464. The minimum atomic E-state index is 0.329. The highest BCUT2D eigenvalue weighted by Gasteiger charge is 2.00. The molecular weight excluding hydrogens is 216 g/mol. The number of methoxy groups -OCH3 is 1. The normalized spacial score (nSPS) is 8.24. The van der Waals surface area contributed by atoms with E-state index in [0.29, 0.717) is 29.8 Å². The number of nitriles is 1. The Morgan fingerprint density at radius 1 is 1.47 bits per heavy atom. The Morgan fingerprint density at radius 2 is 2.29 bits per heavy atom. The van der Waals surface area contributed by atoms with E-state index in [2.05, 4.69) is 27.9 Å². The fourth-order valence-electron chi connectivity index (χ4n) is 1.16. The summed E-state index contributed by atoms with van der Waals surface area (Å²) >= 11 is 0. The van der Waals surface area contributed by atoms with Crippen molar-refractivity contribution in [3.05, 3.63) is 39.8 Å². The maximum atomic E-state index is 8.90. The first-order valence-electron chi connectivity index (χ1n) is 4.89. The number of benzene rings is 1. The van der Waals surface area contributed by atoms with Gasteiger partial charge in [-0.3, -0.25) is 0 Å². The molecule has 1 aromatic rings. The van der Waals surface area contributed by atoms with Crippen LogP contribution in [-0.4, -0.2) is 13.7 Å². The van der Waals surface area contributed by atoms with E-state index >= 15 is 0 Å². The van der Waals surface area contributed by atoms with Crippen molar-refractivity contribution >= 4 is 0 Å². The van der Waals surface area contributed by atoms with Crippen molar-refractivity contribution in [2.45, 2.75) is 6.42 Å². The molecule has 84 valence electrons. The molecule has 0 spiro atoms. The fourth-order valence-corrected chi connectivity index (χ4v) is 1.16. The second kappa shape index (κ2) is 6.79. The van der Waals surface area contributed by atoms with Crippen LogP contribution in [0.5, 0.6) is 5.75 Å². The van der Waals surface area contributed by atoms with Gasteiger partial charge in [0.2, 0.25) is 0 Å². The van der Waals surface area contributed by atoms with E-state index in [1.807, 2.05) is 0 Å². The summed E-state index contributed by atoms with van der Waals surface area (Å²) in [5.41, 5.74) is 9.20. The molecule has 0 amide bonds. The summed E-state index contributed by atoms with van der Waals surface area (Å²) in [5, 5.41) is 12.3. The van der Waals surface area contributed by atoms with Crippen LogP contribution >= 0.6 is 0 Å². The minimum absolute atomic E-state index is 0.329. The largest absolute Gasteiger partial charge is 0.497 e. The Bertz CT molecular complexity index is 542. The van der Waals surface area contributed by atoms with E-state index in [4.69, 9.17) is 15.5 Å². The topological polar surface area (TPSA) is 81.8 Å². The Kier molecular flexibility index (Phi) is 4.97. The molecule has 0 aliphatic heterocycles. The number of azide groups is 1. The predicted molar refractivity (Wildman–Crippen MR) is 63.2 cm³/mol. The van der Waals surface area contributed by atoms with Crippen molar-refractivity contribution in [3.63, 3.8) is 0 Å². The lowest BCUT2D eigenvalue weighted by molar-refractivity contribution is 0.414. The van der Waals surface area contributed by atoms with Crippen LogP contribution in [0.4, 0.5) is 0 Å². The summed E-state index contributed by atoms with van der Waals surface area (Å²) in [4.78, 5) is 2.63. The van der Waals surface area contributed by atoms with Gasteiger partial charge in [-0.05, 0) is 23.7 Å². The van der Waals surface area contributed by atoms with Gasteiger partial charge in [0.1, 0.15) is 11.8 Å². The SMILES string of the molecule is COc1ccc(C#N)c(C#CCCN=[N+]=[N-])c1. The third-order valence-electron chi connectivity index (χ3n) is 1.97. The summed E-state index contributed by atoms with van der Waals surface area (Å²) < 4.78 is 5.06. The third-order valence-corrected chi connectivity index (χ3v) is 1.97. The van der Waals surface area contributed by atoms with Gasteiger partial charge in [0.05, 0.1) is 12.7 Å². The molecule has 5 heteroatoms. The molecule has 0 radical (unpaired) electrons.